The van der Waals surface area contributed by atoms with E-state index in [0.717, 1.165) is 12.0 Å². The molecule has 94 valence electrons. The molecule has 3 N–H and O–H groups in total. The summed E-state index contributed by atoms with van der Waals surface area (Å²) in [5.74, 6) is -0.0359. The predicted octanol–water partition coefficient (Wildman–Crippen LogP) is 2.16. The lowest BCUT2D eigenvalue weighted by Gasteiger charge is -2.18. The molecule has 0 heterocycles. The molecule has 0 fully saturated rings. The van der Waals surface area contributed by atoms with Crippen molar-refractivity contribution in [2.75, 3.05) is 6.54 Å². The van der Waals surface area contributed by atoms with E-state index in [0.29, 0.717) is 6.54 Å². The summed E-state index contributed by atoms with van der Waals surface area (Å²) in [4.78, 5) is 11.9. The Kier molecular flexibility index (Phi) is 5.16. The van der Waals surface area contributed by atoms with Crippen LogP contribution >= 0.6 is 0 Å². The zero-order valence-electron chi connectivity index (χ0n) is 10.9. The van der Waals surface area contributed by atoms with Crippen LogP contribution in [-0.4, -0.2) is 12.5 Å². The fourth-order valence-corrected chi connectivity index (χ4v) is 1.81. The Balaban J connectivity index is 2.66. The third-order valence-corrected chi connectivity index (χ3v) is 3.05. The van der Waals surface area contributed by atoms with Gasteiger partial charge in [0.25, 0.3) is 0 Å². The smallest absolute Gasteiger partial charge is 0.224 e. The van der Waals surface area contributed by atoms with Gasteiger partial charge in [-0.05, 0) is 25.8 Å². The molecule has 1 rings (SSSR count). The fraction of sp³-hybridized carbons (Fsp3) is 0.500. The zero-order valence-corrected chi connectivity index (χ0v) is 10.9. The minimum atomic E-state index is -0.0812. The first kappa shape index (κ1) is 13.7. The topological polar surface area (TPSA) is 55.1 Å². The van der Waals surface area contributed by atoms with Crippen molar-refractivity contribution >= 4 is 5.91 Å². The molecule has 0 aromatic heterocycles. The van der Waals surface area contributed by atoms with Crippen LogP contribution in [0.4, 0.5) is 0 Å². The maximum Gasteiger partial charge on any atom is 0.224 e. The molecule has 0 saturated carbocycles. The van der Waals surface area contributed by atoms with E-state index in [1.54, 1.807) is 0 Å². The second-order valence-electron chi connectivity index (χ2n) is 4.49. The highest BCUT2D eigenvalue weighted by Gasteiger charge is 2.17. The van der Waals surface area contributed by atoms with Crippen molar-refractivity contribution in [3.63, 3.8) is 0 Å². The molecule has 0 bridgehead atoms. The number of carbonyl (C=O) groups is 1. The summed E-state index contributed by atoms with van der Waals surface area (Å²) in [5.41, 5.74) is 7.89. The number of hydrogen-bond acceptors (Lipinski definition) is 2. The molecular formula is C14H22N2O. The summed E-state index contributed by atoms with van der Waals surface area (Å²) in [7, 11) is 0. The van der Waals surface area contributed by atoms with E-state index in [4.69, 9.17) is 5.73 Å². The normalized spacial score (nSPS) is 14.1. The van der Waals surface area contributed by atoms with E-state index in [1.807, 2.05) is 39.0 Å². The largest absolute Gasteiger partial charge is 0.349 e. The van der Waals surface area contributed by atoms with Gasteiger partial charge in [0, 0.05) is 12.5 Å². The first-order valence-corrected chi connectivity index (χ1v) is 6.15. The average Bonchev–Trinajstić information content (AvgIpc) is 2.30. The number of benzene rings is 1. The monoisotopic (exact) mass is 234 g/mol. The molecule has 1 unspecified atom stereocenters. The van der Waals surface area contributed by atoms with Gasteiger partial charge in [-0.2, -0.15) is 0 Å². The van der Waals surface area contributed by atoms with Crippen molar-refractivity contribution in [2.24, 2.45) is 11.7 Å². The molecule has 1 amide bonds. The summed E-state index contributed by atoms with van der Waals surface area (Å²) in [6.07, 6.45) is 0.781. The Morgan fingerprint density at radius 2 is 2.18 bits per heavy atom. The molecule has 0 radical (unpaired) electrons. The van der Waals surface area contributed by atoms with Crippen LogP contribution in [0.25, 0.3) is 0 Å². The molecule has 3 nitrogen and oxygen atoms in total. The van der Waals surface area contributed by atoms with Crippen LogP contribution in [-0.2, 0) is 4.79 Å². The van der Waals surface area contributed by atoms with Gasteiger partial charge >= 0.3 is 0 Å². The first-order chi connectivity index (χ1) is 8.08. The maximum absolute atomic E-state index is 11.9. The highest BCUT2D eigenvalue weighted by atomic mass is 16.1. The molecule has 0 aliphatic carbocycles. The molecule has 0 saturated heterocycles. The Morgan fingerprint density at radius 3 is 2.71 bits per heavy atom. The fourth-order valence-electron chi connectivity index (χ4n) is 1.81. The number of hydrogen-bond donors (Lipinski definition) is 2. The highest BCUT2D eigenvalue weighted by Crippen LogP contribution is 2.14. The molecular weight excluding hydrogens is 212 g/mol. The Hall–Kier alpha value is -1.35. The number of nitrogens with two attached hydrogens (primary N) is 1. The van der Waals surface area contributed by atoms with Crippen molar-refractivity contribution in [1.82, 2.24) is 5.32 Å². The lowest BCUT2D eigenvalue weighted by atomic mass is 10.0. The Morgan fingerprint density at radius 1 is 1.47 bits per heavy atom. The summed E-state index contributed by atoms with van der Waals surface area (Å²) in [6.45, 7) is 6.43. The van der Waals surface area contributed by atoms with Gasteiger partial charge in [-0.25, -0.2) is 0 Å². The van der Waals surface area contributed by atoms with Crippen molar-refractivity contribution < 1.29 is 4.79 Å². The van der Waals surface area contributed by atoms with Gasteiger partial charge in [-0.1, -0.05) is 36.8 Å². The molecule has 1 aromatic rings. The predicted molar refractivity (Wildman–Crippen MR) is 70.6 cm³/mol. The van der Waals surface area contributed by atoms with Crippen LogP contribution in [0.5, 0.6) is 0 Å². The van der Waals surface area contributed by atoms with Gasteiger partial charge in [0.1, 0.15) is 0 Å². The van der Waals surface area contributed by atoms with Crippen molar-refractivity contribution in [3.8, 4) is 0 Å². The molecule has 0 spiro atoms. The Bertz CT molecular complexity index is 372. The second-order valence-corrected chi connectivity index (χ2v) is 4.49. The minimum Gasteiger partial charge on any atom is -0.349 e. The van der Waals surface area contributed by atoms with Crippen LogP contribution in [0, 0.1) is 12.8 Å². The number of amides is 1. The van der Waals surface area contributed by atoms with Crippen LogP contribution < -0.4 is 11.1 Å². The number of nitrogens with one attached hydrogen (secondary N) is 1. The number of rotatable bonds is 5. The van der Waals surface area contributed by atoms with E-state index in [1.165, 1.54) is 5.56 Å². The quantitative estimate of drug-likeness (QED) is 0.820. The van der Waals surface area contributed by atoms with Gasteiger partial charge in [0.15, 0.2) is 0 Å². The second kappa shape index (κ2) is 6.40. The van der Waals surface area contributed by atoms with E-state index in [9.17, 15) is 4.79 Å². The van der Waals surface area contributed by atoms with Gasteiger partial charge in [0.2, 0.25) is 5.91 Å². The van der Waals surface area contributed by atoms with Crippen LogP contribution in [0.15, 0.2) is 24.3 Å². The molecule has 0 aliphatic rings. The lowest BCUT2D eigenvalue weighted by molar-refractivity contribution is -0.125. The van der Waals surface area contributed by atoms with E-state index in [-0.39, 0.29) is 17.9 Å². The Labute approximate surface area is 103 Å². The summed E-state index contributed by atoms with van der Waals surface area (Å²) >= 11 is 0. The van der Waals surface area contributed by atoms with E-state index in [2.05, 4.69) is 11.4 Å². The van der Waals surface area contributed by atoms with E-state index >= 15 is 0 Å². The molecule has 1 aromatic carbocycles. The third kappa shape index (κ3) is 3.86. The van der Waals surface area contributed by atoms with Crippen molar-refractivity contribution in [2.45, 2.75) is 33.2 Å². The zero-order chi connectivity index (χ0) is 12.8. The van der Waals surface area contributed by atoms with Crippen molar-refractivity contribution in [3.05, 3.63) is 35.4 Å². The molecule has 0 aliphatic heterocycles. The van der Waals surface area contributed by atoms with Gasteiger partial charge in [-0.15, -0.1) is 0 Å². The first-order valence-electron chi connectivity index (χ1n) is 6.15. The van der Waals surface area contributed by atoms with Gasteiger partial charge in [0.05, 0.1) is 6.04 Å². The van der Waals surface area contributed by atoms with Crippen LogP contribution in [0.2, 0.25) is 0 Å². The average molecular weight is 234 g/mol. The molecule has 3 heteroatoms. The number of carbonyl (C=O) groups excluding carboxylic acids is 1. The maximum atomic E-state index is 11.9. The third-order valence-electron chi connectivity index (χ3n) is 3.05. The summed E-state index contributed by atoms with van der Waals surface area (Å²) < 4.78 is 0. The SMILES string of the molecule is CCC(CN)C(=O)N[C@@H](C)c1cccc(C)c1. The molecule has 17 heavy (non-hydrogen) atoms. The highest BCUT2D eigenvalue weighted by molar-refractivity contribution is 5.79. The van der Waals surface area contributed by atoms with Gasteiger partial charge in [-0.3, -0.25) is 4.79 Å². The minimum absolute atomic E-state index is 0.0306. The van der Waals surface area contributed by atoms with E-state index < -0.39 is 0 Å². The van der Waals surface area contributed by atoms with Crippen LogP contribution in [0.3, 0.4) is 0 Å². The number of aryl methyl sites for hydroxylation is 1. The van der Waals surface area contributed by atoms with Crippen LogP contribution in [0.1, 0.15) is 37.4 Å². The van der Waals surface area contributed by atoms with Crippen molar-refractivity contribution in [1.29, 1.82) is 0 Å². The summed E-state index contributed by atoms with van der Waals surface area (Å²) in [6, 6.07) is 8.21. The lowest BCUT2D eigenvalue weighted by Crippen LogP contribution is -2.36. The molecule has 2 atom stereocenters. The summed E-state index contributed by atoms with van der Waals surface area (Å²) in [5, 5.41) is 3.01. The van der Waals surface area contributed by atoms with Gasteiger partial charge < -0.3 is 11.1 Å². The standard InChI is InChI=1S/C14H22N2O/c1-4-12(9-15)14(17)16-11(3)13-7-5-6-10(2)8-13/h5-8,11-12H,4,9,15H2,1-3H3,(H,16,17)/t11-,12?/m0/s1.